The zero-order chi connectivity index (χ0) is 14.3. The molecular weight excluding hydrogens is 361 g/mol. The van der Waals surface area contributed by atoms with Crippen LogP contribution in [0.4, 0.5) is 5.69 Å². The third kappa shape index (κ3) is 2.58. The maximum Gasteiger partial charge on any atom is 0.228 e. The molecule has 5 heteroatoms. The average Bonchev–Trinajstić information content (AvgIpc) is 2.77. The van der Waals surface area contributed by atoms with Gasteiger partial charge < -0.3 is 5.32 Å². The lowest BCUT2D eigenvalue weighted by Crippen LogP contribution is -2.03. The number of amides is 1. The lowest BCUT2D eigenvalue weighted by atomic mass is 10.0. The topological polar surface area (TPSA) is 29.1 Å². The van der Waals surface area contributed by atoms with E-state index in [1.54, 1.807) is 6.07 Å². The molecule has 0 aliphatic carbocycles. The summed E-state index contributed by atoms with van der Waals surface area (Å²) >= 11 is 15.8. The molecule has 0 radical (unpaired) electrons. The molecule has 0 aromatic heterocycles. The van der Waals surface area contributed by atoms with E-state index in [1.807, 2.05) is 30.3 Å². The van der Waals surface area contributed by atoms with E-state index in [2.05, 4.69) is 21.2 Å². The summed E-state index contributed by atoms with van der Waals surface area (Å²) in [7, 11) is 0. The van der Waals surface area contributed by atoms with Gasteiger partial charge in [-0.15, -0.1) is 0 Å². The summed E-state index contributed by atoms with van der Waals surface area (Å²) in [5.74, 6) is 0.0350. The Hall–Kier alpha value is -1.03. The van der Waals surface area contributed by atoms with E-state index in [-0.39, 0.29) is 10.7 Å². The van der Waals surface area contributed by atoms with Crippen LogP contribution in [0.15, 0.2) is 36.4 Å². The second kappa shape index (κ2) is 5.40. The predicted molar refractivity (Wildman–Crippen MR) is 86.0 cm³/mol. The zero-order valence-electron chi connectivity index (χ0n) is 10.3. The van der Waals surface area contributed by atoms with Crippen LogP contribution in [0, 0.1) is 0 Å². The first kappa shape index (κ1) is 13.9. The van der Waals surface area contributed by atoms with Gasteiger partial charge >= 0.3 is 0 Å². The van der Waals surface area contributed by atoms with Crippen molar-refractivity contribution in [2.45, 2.75) is 11.2 Å². The average molecular weight is 371 g/mol. The molecule has 20 heavy (non-hydrogen) atoms. The molecule has 1 unspecified atom stereocenters. The summed E-state index contributed by atoms with van der Waals surface area (Å²) in [6.07, 6.45) is 0.428. The third-order valence-corrected chi connectivity index (χ3v) is 4.87. The summed E-state index contributed by atoms with van der Waals surface area (Å²) in [5.41, 5.74) is 3.92. The number of carbonyl (C=O) groups excluding carboxylic acids is 1. The monoisotopic (exact) mass is 369 g/mol. The van der Waals surface area contributed by atoms with Gasteiger partial charge in [0.1, 0.15) is 0 Å². The second-order valence-corrected chi connectivity index (χ2v) is 6.43. The molecule has 2 nitrogen and oxygen atoms in total. The van der Waals surface area contributed by atoms with Gasteiger partial charge in [0.05, 0.1) is 11.2 Å². The Bertz CT molecular complexity index is 702. The Morgan fingerprint density at radius 1 is 1.15 bits per heavy atom. The molecule has 1 aliphatic rings. The highest BCUT2D eigenvalue weighted by Gasteiger charge is 2.20. The van der Waals surface area contributed by atoms with Crippen molar-refractivity contribution in [1.82, 2.24) is 0 Å². The molecule has 1 amide bonds. The number of fused-ring (bicyclic) bond motifs is 1. The summed E-state index contributed by atoms with van der Waals surface area (Å²) in [6, 6.07) is 11.4. The highest BCUT2D eigenvalue weighted by atomic mass is 79.9. The van der Waals surface area contributed by atoms with Crippen molar-refractivity contribution in [3.63, 3.8) is 0 Å². The molecule has 1 aliphatic heterocycles. The largest absolute Gasteiger partial charge is 0.326 e. The Labute approximate surface area is 135 Å². The van der Waals surface area contributed by atoms with Crippen LogP contribution in [0.1, 0.15) is 21.5 Å². The molecule has 2 aromatic carbocycles. The van der Waals surface area contributed by atoms with Crippen LogP contribution >= 0.6 is 39.1 Å². The summed E-state index contributed by atoms with van der Waals surface area (Å²) in [5, 5.41) is 4.06. The Kier molecular flexibility index (Phi) is 3.76. The third-order valence-electron chi connectivity index (χ3n) is 3.28. The van der Waals surface area contributed by atoms with Gasteiger partial charge in [-0.05, 0) is 34.9 Å². The normalized spacial score (nSPS) is 14.8. The van der Waals surface area contributed by atoms with E-state index in [0.717, 1.165) is 22.4 Å². The fourth-order valence-electron chi connectivity index (χ4n) is 2.29. The van der Waals surface area contributed by atoms with Crippen molar-refractivity contribution in [3.05, 3.63) is 63.1 Å². The number of carbonyl (C=O) groups is 1. The van der Waals surface area contributed by atoms with Crippen molar-refractivity contribution in [2.75, 3.05) is 5.32 Å². The summed E-state index contributed by atoms with van der Waals surface area (Å²) < 4.78 is 0. The highest BCUT2D eigenvalue weighted by Crippen LogP contribution is 2.38. The highest BCUT2D eigenvalue weighted by molar-refractivity contribution is 9.09. The molecule has 1 heterocycles. The van der Waals surface area contributed by atoms with Crippen LogP contribution < -0.4 is 5.32 Å². The minimum Gasteiger partial charge on any atom is -0.326 e. The minimum absolute atomic E-state index is 0.0340. The number of benzene rings is 2. The van der Waals surface area contributed by atoms with Gasteiger partial charge in [-0.1, -0.05) is 57.3 Å². The maximum absolute atomic E-state index is 11.4. The molecule has 1 atom stereocenters. The molecule has 102 valence electrons. The summed E-state index contributed by atoms with van der Waals surface area (Å²) in [6.45, 7) is 0. The molecular formula is C15H10BrCl2NO. The fourth-order valence-corrected chi connectivity index (χ4v) is 3.63. The maximum atomic E-state index is 11.4. The summed E-state index contributed by atoms with van der Waals surface area (Å²) in [4.78, 5) is 11.4. The van der Waals surface area contributed by atoms with Gasteiger partial charge in [0, 0.05) is 15.7 Å². The van der Waals surface area contributed by atoms with Crippen LogP contribution in [-0.2, 0) is 11.2 Å². The fraction of sp³-hybridized carbons (Fsp3) is 0.133. The van der Waals surface area contributed by atoms with Crippen molar-refractivity contribution < 1.29 is 4.79 Å². The number of anilines is 1. The van der Waals surface area contributed by atoms with Crippen molar-refractivity contribution >= 4 is 50.7 Å². The first-order chi connectivity index (χ1) is 9.54. The Morgan fingerprint density at radius 2 is 1.95 bits per heavy atom. The van der Waals surface area contributed by atoms with Gasteiger partial charge in [0.2, 0.25) is 5.91 Å². The van der Waals surface area contributed by atoms with Crippen LogP contribution in [-0.4, -0.2) is 5.91 Å². The van der Waals surface area contributed by atoms with E-state index in [0.29, 0.717) is 16.5 Å². The van der Waals surface area contributed by atoms with Crippen molar-refractivity contribution in [2.24, 2.45) is 0 Å². The Morgan fingerprint density at radius 3 is 2.70 bits per heavy atom. The first-order valence-corrected chi connectivity index (χ1v) is 7.73. The van der Waals surface area contributed by atoms with Crippen molar-refractivity contribution in [1.29, 1.82) is 0 Å². The molecule has 1 N–H and O–H groups in total. The molecule has 0 spiro atoms. The number of halogens is 3. The Balaban J connectivity index is 1.97. The lowest BCUT2D eigenvalue weighted by Gasteiger charge is -2.14. The smallest absolute Gasteiger partial charge is 0.228 e. The van der Waals surface area contributed by atoms with Gasteiger partial charge in [-0.2, -0.15) is 0 Å². The van der Waals surface area contributed by atoms with Gasteiger partial charge in [0.25, 0.3) is 0 Å². The molecule has 2 aromatic rings. The SMILES string of the molecule is O=C1Cc2cc(C(Br)c3ccc(Cl)cc3Cl)ccc2N1. The predicted octanol–water partition coefficient (Wildman–Crippen LogP) is 4.97. The van der Waals surface area contributed by atoms with Crippen LogP contribution in [0.3, 0.4) is 0 Å². The van der Waals surface area contributed by atoms with Crippen LogP contribution in [0.2, 0.25) is 10.0 Å². The van der Waals surface area contributed by atoms with Crippen LogP contribution in [0.5, 0.6) is 0 Å². The number of hydrogen-bond donors (Lipinski definition) is 1. The van der Waals surface area contributed by atoms with E-state index < -0.39 is 0 Å². The van der Waals surface area contributed by atoms with E-state index >= 15 is 0 Å². The molecule has 0 fully saturated rings. The van der Waals surface area contributed by atoms with Gasteiger partial charge in [0.15, 0.2) is 0 Å². The van der Waals surface area contributed by atoms with Gasteiger partial charge in [-0.3, -0.25) is 4.79 Å². The molecule has 0 saturated carbocycles. The second-order valence-electron chi connectivity index (χ2n) is 4.67. The lowest BCUT2D eigenvalue weighted by molar-refractivity contribution is -0.115. The first-order valence-electron chi connectivity index (χ1n) is 6.06. The molecule has 3 rings (SSSR count). The van der Waals surface area contributed by atoms with Crippen molar-refractivity contribution in [3.8, 4) is 0 Å². The minimum atomic E-state index is -0.0340. The molecule has 0 bridgehead atoms. The number of nitrogens with one attached hydrogen (secondary N) is 1. The molecule has 0 saturated heterocycles. The number of rotatable bonds is 2. The van der Waals surface area contributed by atoms with E-state index in [4.69, 9.17) is 23.2 Å². The van der Waals surface area contributed by atoms with E-state index in [1.165, 1.54) is 0 Å². The number of hydrogen-bond acceptors (Lipinski definition) is 1. The van der Waals surface area contributed by atoms with E-state index in [9.17, 15) is 4.79 Å². The number of alkyl halides is 1. The quantitative estimate of drug-likeness (QED) is 0.742. The standard InChI is InChI=1S/C15H10BrCl2NO/c16-15(11-3-2-10(17)7-12(11)18)8-1-4-13-9(5-8)6-14(20)19-13/h1-5,7,15H,6H2,(H,19,20). The van der Waals surface area contributed by atoms with Gasteiger partial charge in [-0.25, -0.2) is 0 Å². The van der Waals surface area contributed by atoms with Crippen LogP contribution in [0.25, 0.3) is 0 Å². The zero-order valence-corrected chi connectivity index (χ0v) is 13.4.